The Kier molecular flexibility index (Phi) is 12.0. The maximum atomic E-state index is 12.7. The summed E-state index contributed by atoms with van der Waals surface area (Å²) in [5.41, 5.74) is -1.60. The van der Waals surface area contributed by atoms with Crippen molar-refractivity contribution in [2.24, 2.45) is 11.3 Å². The van der Waals surface area contributed by atoms with Gasteiger partial charge in [0.1, 0.15) is 12.4 Å². The maximum absolute atomic E-state index is 12.7. The van der Waals surface area contributed by atoms with Crippen molar-refractivity contribution in [2.45, 2.75) is 78.7 Å². The molecule has 0 aliphatic heterocycles. The summed E-state index contributed by atoms with van der Waals surface area (Å²) in [6.07, 6.45) is -1.35. The highest BCUT2D eigenvalue weighted by Gasteiger charge is 2.36. The van der Waals surface area contributed by atoms with E-state index in [4.69, 9.17) is 14.9 Å². The van der Waals surface area contributed by atoms with Crippen molar-refractivity contribution in [3.63, 3.8) is 0 Å². The second kappa shape index (κ2) is 12.5. The van der Waals surface area contributed by atoms with E-state index in [9.17, 15) is 19.5 Å². The van der Waals surface area contributed by atoms with Crippen LogP contribution in [0.3, 0.4) is 0 Å². The van der Waals surface area contributed by atoms with Crippen LogP contribution in [0.15, 0.2) is 0 Å². The molecule has 2 unspecified atom stereocenters. The number of aliphatic hydroxyl groups is 3. The first kappa shape index (κ1) is 27.8. The molecule has 0 aromatic rings. The lowest BCUT2D eigenvalue weighted by Crippen LogP contribution is -2.48. The smallest absolute Gasteiger partial charge is 0.311 e. The lowest BCUT2D eigenvalue weighted by Gasteiger charge is -2.31. The zero-order valence-corrected chi connectivity index (χ0v) is 19.2. The molecule has 0 radical (unpaired) electrons. The van der Waals surface area contributed by atoms with Gasteiger partial charge in [-0.3, -0.25) is 14.4 Å². The average molecular weight is 436 g/mol. The van der Waals surface area contributed by atoms with E-state index in [-0.39, 0.29) is 42.6 Å². The second-order valence-electron chi connectivity index (χ2n) is 8.72. The first-order chi connectivity index (χ1) is 13.2. The van der Waals surface area contributed by atoms with E-state index in [1.165, 1.54) is 6.92 Å². The molecule has 0 aromatic heterocycles. The Hall–Kier alpha value is -1.16. The number of carbonyl (C=O) groups excluding carboxylic acids is 3. The Morgan fingerprint density at radius 3 is 2.14 bits per heavy atom. The van der Waals surface area contributed by atoms with Gasteiger partial charge >= 0.3 is 5.97 Å². The highest BCUT2D eigenvalue weighted by molar-refractivity contribution is 7.99. The molecule has 0 bridgehead atoms. The maximum Gasteiger partial charge on any atom is 0.311 e. The Labute approximate surface area is 177 Å². The molecule has 1 amide bonds. The molecule has 2 atom stereocenters. The van der Waals surface area contributed by atoms with Crippen molar-refractivity contribution in [2.75, 3.05) is 18.1 Å². The largest absolute Gasteiger partial charge is 0.462 e. The molecule has 0 rings (SSSR count). The summed E-state index contributed by atoms with van der Waals surface area (Å²) < 4.78 is 5.20. The van der Waals surface area contributed by atoms with Crippen LogP contribution in [0.4, 0.5) is 0 Å². The van der Waals surface area contributed by atoms with Crippen LogP contribution in [0.25, 0.3) is 0 Å². The van der Waals surface area contributed by atoms with Gasteiger partial charge in [-0.2, -0.15) is 11.8 Å². The van der Waals surface area contributed by atoms with Crippen molar-refractivity contribution in [1.82, 2.24) is 5.32 Å². The summed E-state index contributed by atoms with van der Waals surface area (Å²) >= 11 is 1.14. The van der Waals surface area contributed by atoms with Gasteiger partial charge in [0.25, 0.3) is 0 Å². The van der Waals surface area contributed by atoms with E-state index < -0.39 is 35.2 Å². The third-order valence-electron chi connectivity index (χ3n) is 4.31. The van der Waals surface area contributed by atoms with Crippen LogP contribution in [0, 0.1) is 11.3 Å². The van der Waals surface area contributed by atoms with E-state index in [1.54, 1.807) is 27.7 Å². The molecular formula is C20H37NO7S. The third kappa shape index (κ3) is 12.2. The zero-order chi connectivity index (χ0) is 22.8. The number of hydrogen-bond acceptors (Lipinski definition) is 8. The molecule has 0 saturated heterocycles. The fraction of sp³-hybridized carbons (Fsp3) is 0.850. The fourth-order valence-electron chi connectivity index (χ4n) is 2.95. The van der Waals surface area contributed by atoms with Gasteiger partial charge in [0, 0.05) is 29.4 Å². The number of carbonyl (C=O) groups is 3. The average Bonchev–Trinajstić information content (AvgIpc) is 2.55. The van der Waals surface area contributed by atoms with Crippen molar-refractivity contribution >= 4 is 29.4 Å². The lowest BCUT2D eigenvalue weighted by atomic mass is 9.81. The monoisotopic (exact) mass is 435 g/mol. The Balaban J connectivity index is 4.70. The SMILES string of the molecule is CCC(CC(C)(C)C(=O)OCC(O)CSCC(O)O)C(=O)NC(C)(C)CC(C)=O. The highest BCUT2D eigenvalue weighted by atomic mass is 32.2. The Morgan fingerprint density at radius 2 is 1.66 bits per heavy atom. The molecule has 0 aliphatic carbocycles. The van der Waals surface area contributed by atoms with Crippen molar-refractivity contribution in [3.8, 4) is 0 Å². The number of ketones is 1. The van der Waals surface area contributed by atoms with Gasteiger partial charge in [-0.15, -0.1) is 0 Å². The molecule has 29 heavy (non-hydrogen) atoms. The minimum absolute atomic E-state index is 0.0162. The molecule has 170 valence electrons. The summed E-state index contributed by atoms with van der Waals surface area (Å²) in [4.78, 5) is 36.5. The molecule has 0 saturated carbocycles. The van der Waals surface area contributed by atoms with Crippen LogP contribution in [0.1, 0.15) is 60.8 Å². The van der Waals surface area contributed by atoms with Crippen molar-refractivity contribution in [1.29, 1.82) is 0 Å². The number of amides is 1. The van der Waals surface area contributed by atoms with Crippen LogP contribution < -0.4 is 5.32 Å². The van der Waals surface area contributed by atoms with Crippen LogP contribution in [-0.2, 0) is 19.1 Å². The van der Waals surface area contributed by atoms with Crippen LogP contribution >= 0.6 is 11.8 Å². The Bertz CT molecular complexity index is 549. The fourth-order valence-corrected chi connectivity index (χ4v) is 3.66. The number of aliphatic hydroxyl groups excluding tert-OH is 2. The minimum Gasteiger partial charge on any atom is -0.462 e. The predicted molar refractivity (Wildman–Crippen MR) is 112 cm³/mol. The van der Waals surface area contributed by atoms with Crippen LogP contribution in [-0.4, -0.2) is 69.0 Å². The van der Waals surface area contributed by atoms with Crippen LogP contribution in [0.2, 0.25) is 0 Å². The molecular weight excluding hydrogens is 398 g/mol. The van der Waals surface area contributed by atoms with Gasteiger partial charge in [0.2, 0.25) is 5.91 Å². The topological polar surface area (TPSA) is 133 Å². The molecule has 0 spiro atoms. The quantitative estimate of drug-likeness (QED) is 0.237. The first-order valence-electron chi connectivity index (χ1n) is 9.80. The number of rotatable bonds is 14. The van der Waals surface area contributed by atoms with E-state index >= 15 is 0 Å². The minimum atomic E-state index is -1.45. The number of thioether (sulfide) groups is 1. The molecule has 4 N–H and O–H groups in total. The summed E-state index contributed by atoms with van der Waals surface area (Å²) in [6, 6.07) is 0. The number of Topliss-reactive ketones (excluding diaryl/α,β-unsaturated/α-hetero) is 1. The molecule has 0 aromatic carbocycles. The van der Waals surface area contributed by atoms with Gasteiger partial charge < -0.3 is 25.4 Å². The third-order valence-corrected chi connectivity index (χ3v) is 5.46. The molecule has 9 heteroatoms. The number of nitrogens with one attached hydrogen (secondary N) is 1. The van der Waals surface area contributed by atoms with Gasteiger partial charge in [0.15, 0.2) is 6.29 Å². The number of esters is 1. The van der Waals surface area contributed by atoms with Crippen molar-refractivity contribution in [3.05, 3.63) is 0 Å². The standard InChI is InChI=1S/C20H37NO7S/c1-7-14(17(26)21-20(5,6)8-13(2)22)9-19(3,4)18(27)28-10-15(23)11-29-12-16(24)25/h14-16,23-25H,7-12H2,1-6H3,(H,21,26). The predicted octanol–water partition coefficient (Wildman–Crippen LogP) is 1.25. The van der Waals surface area contributed by atoms with E-state index in [1.807, 2.05) is 6.92 Å². The zero-order valence-electron chi connectivity index (χ0n) is 18.4. The van der Waals surface area contributed by atoms with Gasteiger partial charge in [0.05, 0.1) is 11.5 Å². The summed E-state index contributed by atoms with van der Waals surface area (Å²) in [5.74, 6) is -0.898. The van der Waals surface area contributed by atoms with E-state index in [0.717, 1.165) is 11.8 Å². The molecule has 0 fully saturated rings. The van der Waals surface area contributed by atoms with Gasteiger partial charge in [-0.1, -0.05) is 6.92 Å². The van der Waals surface area contributed by atoms with E-state index in [0.29, 0.717) is 6.42 Å². The van der Waals surface area contributed by atoms with Crippen LogP contribution in [0.5, 0.6) is 0 Å². The first-order valence-corrected chi connectivity index (χ1v) is 11.0. The lowest BCUT2D eigenvalue weighted by molar-refractivity contribution is -0.158. The number of hydrogen-bond donors (Lipinski definition) is 4. The van der Waals surface area contributed by atoms with Crippen molar-refractivity contribution < 1.29 is 34.4 Å². The van der Waals surface area contributed by atoms with Gasteiger partial charge in [-0.05, 0) is 47.5 Å². The molecule has 0 heterocycles. The van der Waals surface area contributed by atoms with Gasteiger partial charge in [-0.25, -0.2) is 0 Å². The highest BCUT2D eigenvalue weighted by Crippen LogP contribution is 2.29. The molecule has 8 nitrogen and oxygen atoms in total. The summed E-state index contributed by atoms with van der Waals surface area (Å²) in [6.45, 7) is 10.1. The van der Waals surface area contributed by atoms with E-state index in [2.05, 4.69) is 5.32 Å². The normalized spacial score (nSPS) is 14.4. The molecule has 0 aliphatic rings. The summed E-state index contributed by atoms with van der Waals surface area (Å²) in [7, 11) is 0. The summed E-state index contributed by atoms with van der Waals surface area (Å²) in [5, 5.41) is 30.3. The second-order valence-corrected chi connectivity index (χ2v) is 9.79. The number of ether oxygens (including phenoxy) is 1. The Morgan fingerprint density at radius 1 is 1.07 bits per heavy atom.